The van der Waals surface area contributed by atoms with E-state index in [4.69, 9.17) is 4.74 Å². The van der Waals surface area contributed by atoms with Gasteiger partial charge in [0.05, 0.1) is 11.5 Å². The molecule has 0 radical (unpaired) electrons. The molecule has 0 aromatic heterocycles. The van der Waals surface area contributed by atoms with Gasteiger partial charge in [-0.05, 0) is 35.7 Å². The van der Waals surface area contributed by atoms with Gasteiger partial charge in [0.1, 0.15) is 5.75 Å². The number of hydrogen-bond acceptors (Lipinski definition) is 4. The summed E-state index contributed by atoms with van der Waals surface area (Å²) >= 11 is 0. The van der Waals surface area contributed by atoms with E-state index in [2.05, 4.69) is 4.74 Å². The highest BCUT2D eigenvalue weighted by atomic mass is 19.4. The number of unbranched alkanes of at least 4 members (excludes halogenated alkanes) is 2. The van der Waals surface area contributed by atoms with Gasteiger partial charge in [-0.2, -0.15) is 0 Å². The van der Waals surface area contributed by atoms with Gasteiger partial charge >= 0.3 is 12.0 Å². The standard InChI is InChI=1S/C18H18F3NO4/c1-2-3-4-11-25-17-10-7-14(12-16(17)22(23)24)13-5-8-15(9-6-13)26-18(19,20)21/h5-10,12H,2-4,11H2,1H3. The molecule has 0 aliphatic rings. The van der Waals surface area contributed by atoms with E-state index in [0.717, 1.165) is 31.4 Å². The van der Waals surface area contributed by atoms with Crippen LogP contribution in [-0.4, -0.2) is 17.9 Å². The first kappa shape index (κ1) is 19.6. The van der Waals surface area contributed by atoms with E-state index in [1.165, 1.54) is 24.3 Å². The third kappa shape index (κ3) is 5.65. The summed E-state index contributed by atoms with van der Waals surface area (Å²) in [6.07, 6.45) is -1.98. The zero-order valence-electron chi connectivity index (χ0n) is 14.1. The minimum Gasteiger partial charge on any atom is -0.487 e. The summed E-state index contributed by atoms with van der Waals surface area (Å²) in [7, 11) is 0. The van der Waals surface area contributed by atoms with Crippen molar-refractivity contribution in [3.05, 3.63) is 52.6 Å². The van der Waals surface area contributed by atoms with Crippen molar-refractivity contribution < 1.29 is 27.6 Å². The zero-order chi connectivity index (χ0) is 19.2. The fourth-order valence-corrected chi connectivity index (χ4v) is 2.34. The fourth-order valence-electron chi connectivity index (χ4n) is 2.34. The van der Waals surface area contributed by atoms with Crippen molar-refractivity contribution in [3.8, 4) is 22.6 Å². The maximum atomic E-state index is 12.2. The molecule has 0 bridgehead atoms. The van der Waals surface area contributed by atoms with E-state index in [9.17, 15) is 23.3 Å². The Morgan fingerprint density at radius 2 is 1.69 bits per heavy atom. The van der Waals surface area contributed by atoms with Crippen LogP contribution in [0.2, 0.25) is 0 Å². The Bertz CT molecular complexity index is 745. The Hall–Kier alpha value is -2.77. The second-order valence-electron chi connectivity index (χ2n) is 5.57. The molecule has 2 rings (SSSR count). The molecule has 0 saturated carbocycles. The Morgan fingerprint density at radius 3 is 2.27 bits per heavy atom. The molecule has 5 nitrogen and oxygen atoms in total. The molecule has 0 spiro atoms. The van der Waals surface area contributed by atoms with Gasteiger partial charge < -0.3 is 9.47 Å². The summed E-state index contributed by atoms with van der Waals surface area (Å²) in [5, 5.41) is 11.3. The Labute approximate surface area is 148 Å². The zero-order valence-corrected chi connectivity index (χ0v) is 14.1. The van der Waals surface area contributed by atoms with Gasteiger partial charge in [0.25, 0.3) is 0 Å². The van der Waals surface area contributed by atoms with E-state index in [0.29, 0.717) is 17.7 Å². The van der Waals surface area contributed by atoms with Gasteiger partial charge in [0.15, 0.2) is 5.75 Å². The molecule has 0 aliphatic carbocycles. The summed E-state index contributed by atoms with van der Waals surface area (Å²) in [6.45, 7) is 2.43. The average Bonchev–Trinajstić information content (AvgIpc) is 2.58. The number of nitro groups is 1. The molecular weight excluding hydrogens is 351 g/mol. The number of nitro benzene ring substituents is 1. The van der Waals surface area contributed by atoms with Crippen LogP contribution in [0.3, 0.4) is 0 Å². The molecular formula is C18H18F3NO4. The molecule has 26 heavy (non-hydrogen) atoms. The fraction of sp³-hybridized carbons (Fsp3) is 0.333. The van der Waals surface area contributed by atoms with E-state index in [-0.39, 0.29) is 17.2 Å². The molecule has 0 aliphatic heterocycles. The Morgan fingerprint density at radius 1 is 1.04 bits per heavy atom. The minimum atomic E-state index is -4.77. The lowest BCUT2D eigenvalue weighted by Crippen LogP contribution is -2.16. The van der Waals surface area contributed by atoms with E-state index in [1.54, 1.807) is 6.07 Å². The summed E-state index contributed by atoms with van der Waals surface area (Å²) in [6, 6.07) is 9.59. The Balaban J connectivity index is 2.19. The molecule has 0 heterocycles. The molecule has 0 N–H and O–H groups in total. The van der Waals surface area contributed by atoms with Gasteiger partial charge in [-0.1, -0.05) is 38.0 Å². The predicted molar refractivity (Wildman–Crippen MR) is 90.2 cm³/mol. The first-order valence-corrected chi connectivity index (χ1v) is 8.07. The van der Waals surface area contributed by atoms with Gasteiger partial charge in [-0.15, -0.1) is 13.2 Å². The van der Waals surface area contributed by atoms with Crippen molar-refractivity contribution in [2.75, 3.05) is 6.61 Å². The van der Waals surface area contributed by atoms with Crippen molar-refractivity contribution in [1.82, 2.24) is 0 Å². The maximum absolute atomic E-state index is 12.2. The summed E-state index contributed by atoms with van der Waals surface area (Å²) < 4.78 is 45.9. The summed E-state index contributed by atoms with van der Waals surface area (Å²) in [5.41, 5.74) is 0.839. The largest absolute Gasteiger partial charge is 0.573 e. The van der Waals surface area contributed by atoms with Crippen LogP contribution in [0.25, 0.3) is 11.1 Å². The van der Waals surface area contributed by atoms with Crippen LogP contribution < -0.4 is 9.47 Å². The Kier molecular flexibility index (Phi) is 6.43. The van der Waals surface area contributed by atoms with Crippen LogP contribution in [0.5, 0.6) is 11.5 Å². The quantitative estimate of drug-likeness (QED) is 0.339. The third-order valence-electron chi connectivity index (χ3n) is 3.58. The van der Waals surface area contributed by atoms with Crippen molar-refractivity contribution in [3.63, 3.8) is 0 Å². The number of rotatable bonds is 8. The molecule has 0 unspecified atom stereocenters. The van der Waals surface area contributed by atoms with Crippen LogP contribution in [0.15, 0.2) is 42.5 Å². The molecule has 0 saturated heterocycles. The van der Waals surface area contributed by atoms with E-state index < -0.39 is 11.3 Å². The highest BCUT2D eigenvalue weighted by Crippen LogP contribution is 2.33. The monoisotopic (exact) mass is 369 g/mol. The maximum Gasteiger partial charge on any atom is 0.573 e. The topological polar surface area (TPSA) is 61.6 Å². The van der Waals surface area contributed by atoms with E-state index in [1.807, 2.05) is 6.92 Å². The van der Waals surface area contributed by atoms with Crippen molar-refractivity contribution >= 4 is 5.69 Å². The van der Waals surface area contributed by atoms with Crippen molar-refractivity contribution in [2.45, 2.75) is 32.5 Å². The molecule has 0 amide bonds. The lowest BCUT2D eigenvalue weighted by atomic mass is 10.0. The SMILES string of the molecule is CCCCCOc1ccc(-c2ccc(OC(F)(F)F)cc2)cc1[N+](=O)[O-]. The lowest BCUT2D eigenvalue weighted by Gasteiger charge is -2.10. The summed E-state index contributed by atoms with van der Waals surface area (Å²) in [5.74, 6) is -0.182. The summed E-state index contributed by atoms with van der Waals surface area (Å²) in [4.78, 5) is 10.7. The number of nitrogens with zero attached hydrogens (tertiary/aromatic N) is 1. The van der Waals surface area contributed by atoms with Crippen molar-refractivity contribution in [2.24, 2.45) is 0 Å². The molecule has 0 atom stereocenters. The number of halogens is 3. The lowest BCUT2D eigenvalue weighted by molar-refractivity contribution is -0.385. The predicted octanol–water partition coefficient (Wildman–Crippen LogP) is 5.73. The highest BCUT2D eigenvalue weighted by molar-refractivity contribution is 5.69. The van der Waals surface area contributed by atoms with Gasteiger partial charge in [-0.3, -0.25) is 10.1 Å². The molecule has 140 valence electrons. The van der Waals surface area contributed by atoms with Crippen LogP contribution in [0, 0.1) is 10.1 Å². The molecule has 0 fully saturated rings. The first-order chi connectivity index (χ1) is 12.3. The second-order valence-corrected chi connectivity index (χ2v) is 5.57. The number of alkyl halides is 3. The van der Waals surface area contributed by atoms with Gasteiger partial charge in [-0.25, -0.2) is 0 Å². The van der Waals surface area contributed by atoms with Crippen LogP contribution in [0.1, 0.15) is 26.2 Å². The van der Waals surface area contributed by atoms with Crippen LogP contribution in [0.4, 0.5) is 18.9 Å². The average molecular weight is 369 g/mol. The number of ether oxygens (including phenoxy) is 2. The molecule has 8 heteroatoms. The minimum absolute atomic E-state index is 0.173. The number of hydrogen-bond donors (Lipinski definition) is 0. The smallest absolute Gasteiger partial charge is 0.487 e. The molecule has 2 aromatic carbocycles. The first-order valence-electron chi connectivity index (χ1n) is 8.07. The molecule has 2 aromatic rings. The normalized spacial score (nSPS) is 11.2. The second kappa shape index (κ2) is 8.55. The van der Waals surface area contributed by atoms with Crippen molar-refractivity contribution in [1.29, 1.82) is 0 Å². The van der Waals surface area contributed by atoms with Crippen LogP contribution >= 0.6 is 0 Å². The number of benzene rings is 2. The van der Waals surface area contributed by atoms with E-state index >= 15 is 0 Å². The highest BCUT2D eigenvalue weighted by Gasteiger charge is 2.31. The van der Waals surface area contributed by atoms with Crippen LogP contribution in [-0.2, 0) is 0 Å². The van der Waals surface area contributed by atoms with Gasteiger partial charge in [0.2, 0.25) is 0 Å². The van der Waals surface area contributed by atoms with Gasteiger partial charge in [0, 0.05) is 6.07 Å². The third-order valence-corrected chi connectivity index (χ3v) is 3.58.